The van der Waals surface area contributed by atoms with Gasteiger partial charge in [-0.25, -0.2) is 0 Å². The minimum Gasteiger partial charge on any atom is -0.341 e. The van der Waals surface area contributed by atoms with Crippen molar-refractivity contribution in [2.45, 2.75) is 51.1 Å². The second-order valence-corrected chi connectivity index (χ2v) is 5.84. The summed E-state index contributed by atoms with van der Waals surface area (Å²) in [7, 11) is 2.21. The third-order valence-electron chi connectivity index (χ3n) is 4.73. The molecule has 0 aromatic heterocycles. The molecule has 2 aliphatic heterocycles. The Morgan fingerprint density at radius 1 is 1.33 bits per heavy atom. The predicted octanol–water partition coefficient (Wildman–Crippen LogP) is 1.06. The number of nitrogens with zero attached hydrogens (tertiary/aromatic N) is 2. The molecule has 2 heterocycles. The van der Waals surface area contributed by atoms with Crippen LogP contribution in [0.1, 0.15) is 39.0 Å². The van der Waals surface area contributed by atoms with E-state index in [1.165, 1.54) is 12.8 Å². The van der Waals surface area contributed by atoms with E-state index in [1.807, 2.05) is 0 Å². The van der Waals surface area contributed by atoms with Crippen LogP contribution >= 0.6 is 0 Å². The minimum absolute atomic E-state index is 0.0388. The number of amides is 1. The second kappa shape index (κ2) is 6.02. The van der Waals surface area contributed by atoms with Gasteiger partial charge >= 0.3 is 0 Å². The highest BCUT2D eigenvalue weighted by Gasteiger charge is 2.36. The molecule has 0 aliphatic carbocycles. The standard InChI is InChI=1S/C14H27N3O/c1-3-4-11(9-15)14(18)17-8-7-12-5-6-13(10-17)16(12)2/h11-13H,3-10,15H2,1-2H3. The van der Waals surface area contributed by atoms with E-state index in [1.54, 1.807) is 0 Å². The first-order valence-electron chi connectivity index (χ1n) is 7.38. The van der Waals surface area contributed by atoms with Gasteiger partial charge < -0.3 is 10.6 Å². The fraction of sp³-hybridized carbons (Fsp3) is 0.929. The molecule has 0 saturated carbocycles. The summed E-state index contributed by atoms with van der Waals surface area (Å²) in [5.74, 6) is 0.331. The highest BCUT2D eigenvalue weighted by molar-refractivity contribution is 5.79. The summed E-state index contributed by atoms with van der Waals surface area (Å²) in [5, 5.41) is 0. The van der Waals surface area contributed by atoms with Crippen LogP contribution in [0, 0.1) is 5.92 Å². The predicted molar refractivity (Wildman–Crippen MR) is 73.2 cm³/mol. The Balaban J connectivity index is 1.98. The van der Waals surface area contributed by atoms with Crippen LogP contribution in [0.2, 0.25) is 0 Å². The molecule has 1 amide bonds. The lowest BCUT2D eigenvalue weighted by molar-refractivity contribution is -0.135. The van der Waals surface area contributed by atoms with Crippen LogP contribution in [-0.2, 0) is 4.79 Å². The summed E-state index contributed by atoms with van der Waals surface area (Å²) in [6, 6.07) is 1.26. The van der Waals surface area contributed by atoms with Crippen molar-refractivity contribution in [2.75, 3.05) is 26.7 Å². The van der Waals surface area contributed by atoms with Gasteiger partial charge in [0.2, 0.25) is 5.91 Å². The Morgan fingerprint density at radius 3 is 2.72 bits per heavy atom. The van der Waals surface area contributed by atoms with Crippen LogP contribution < -0.4 is 5.73 Å². The number of hydrogen-bond acceptors (Lipinski definition) is 3. The van der Waals surface area contributed by atoms with Crippen molar-refractivity contribution < 1.29 is 4.79 Å². The van der Waals surface area contributed by atoms with Gasteiger partial charge in [-0.2, -0.15) is 0 Å². The SMILES string of the molecule is CCCC(CN)C(=O)N1CCC2CCC(C1)N2C. The first-order chi connectivity index (χ1) is 8.67. The third kappa shape index (κ3) is 2.69. The lowest BCUT2D eigenvalue weighted by Crippen LogP contribution is -2.44. The Kier molecular flexibility index (Phi) is 4.62. The highest BCUT2D eigenvalue weighted by atomic mass is 16.2. The van der Waals surface area contributed by atoms with E-state index < -0.39 is 0 Å². The smallest absolute Gasteiger partial charge is 0.227 e. The van der Waals surface area contributed by atoms with Crippen molar-refractivity contribution in [2.24, 2.45) is 11.7 Å². The number of fused-ring (bicyclic) bond motifs is 2. The molecule has 4 nitrogen and oxygen atoms in total. The van der Waals surface area contributed by atoms with Crippen molar-refractivity contribution >= 4 is 5.91 Å². The number of rotatable bonds is 4. The van der Waals surface area contributed by atoms with Crippen molar-refractivity contribution in [3.8, 4) is 0 Å². The number of carbonyl (C=O) groups excluding carboxylic acids is 1. The summed E-state index contributed by atoms with van der Waals surface area (Å²) < 4.78 is 0. The lowest BCUT2D eigenvalue weighted by Gasteiger charge is -2.28. The van der Waals surface area contributed by atoms with Crippen molar-refractivity contribution in [3.05, 3.63) is 0 Å². The van der Waals surface area contributed by atoms with Gasteiger partial charge in [-0.15, -0.1) is 0 Å². The number of hydrogen-bond donors (Lipinski definition) is 1. The van der Waals surface area contributed by atoms with Gasteiger partial charge in [-0.05, 0) is 32.7 Å². The zero-order valence-corrected chi connectivity index (χ0v) is 11.8. The van der Waals surface area contributed by atoms with Crippen molar-refractivity contribution in [1.29, 1.82) is 0 Å². The van der Waals surface area contributed by atoms with Crippen LogP contribution in [0.15, 0.2) is 0 Å². The molecule has 0 aromatic carbocycles. The Bertz CT molecular complexity index is 295. The number of nitrogens with two attached hydrogens (primary N) is 1. The van der Waals surface area contributed by atoms with E-state index in [-0.39, 0.29) is 5.92 Å². The fourth-order valence-electron chi connectivity index (χ4n) is 3.46. The van der Waals surface area contributed by atoms with Gasteiger partial charge in [0.1, 0.15) is 0 Å². The largest absolute Gasteiger partial charge is 0.341 e. The fourth-order valence-corrected chi connectivity index (χ4v) is 3.46. The molecule has 0 radical (unpaired) electrons. The molecule has 2 aliphatic rings. The number of likely N-dealkylation sites (tertiary alicyclic amines) is 1. The molecule has 0 spiro atoms. The molecular weight excluding hydrogens is 226 g/mol. The van der Waals surface area contributed by atoms with E-state index in [4.69, 9.17) is 5.73 Å². The molecule has 104 valence electrons. The van der Waals surface area contributed by atoms with Crippen molar-refractivity contribution in [3.63, 3.8) is 0 Å². The molecule has 2 fully saturated rings. The lowest BCUT2D eigenvalue weighted by atomic mass is 10.0. The van der Waals surface area contributed by atoms with Crippen LogP contribution in [0.3, 0.4) is 0 Å². The summed E-state index contributed by atoms with van der Waals surface area (Å²) >= 11 is 0. The van der Waals surface area contributed by atoms with E-state index >= 15 is 0 Å². The van der Waals surface area contributed by atoms with Crippen LogP contribution in [-0.4, -0.2) is 54.5 Å². The second-order valence-electron chi connectivity index (χ2n) is 5.84. The van der Waals surface area contributed by atoms with Gasteiger partial charge in [0.15, 0.2) is 0 Å². The van der Waals surface area contributed by atoms with Crippen LogP contribution in [0.4, 0.5) is 0 Å². The highest BCUT2D eigenvalue weighted by Crippen LogP contribution is 2.29. The van der Waals surface area contributed by atoms with Crippen LogP contribution in [0.25, 0.3) is 0 Å². The first-order valence-corrected chi connectivity index (χ1v) is 7.38. The maximum absolute atomic E-state index is 12.5. The molecule has 3 unspecified atom stereocenters. The van der Waals surface area contributed by atoms with Gasteiger partial charge in [0.05, 0.1) is 5.92 Å². The Labute approximate surface area is 110 Å². The Morgan fingerprint density at radius 2 is 2.06 bits per heavy atom. The number of likely N-dealkylation sites (N-methyl/N-ethyl adjacent to an activating group) is 1. The van der Waals surface area contributed by atoms with E-state index in [9.17, 15) is 4.79 Å². The van der Waals surface area contributed by atoms with E-state index in [0.29, 0.717) is 24.5 Å². The first kappa shape index (κ1) is 13.8. The maximum Gasteiger partial charge on any atom is 0.227 e. The summed E-state index contributed by atoms with van der Waals surface area (Å²) in [5.41, 5.74) is 5.75. The molecule has 4 heteroatoms. The van der Waals surface area contributed by atoms with Gasteiger partial charge in [-0.1, -0.05) is 13.3 Å². The molecule has 18 heavy (non-hydrogen) atoms. The van der Waals surface area contributed by atoms with Gasteiger partial charge in [0.25, 0.3) is 0 Å². The van der Waals surface area contributed by atoms with Gasteiger partial charge in [-0.3, -0.25) is 9.69 Å². The zero-order valence-electron chi connectivity index (χ0n) is 11.8. The minimum atomic E-state index is 0.0388. The number of carbonyl (C=O) groups is 1. The monoisotopic (exact) mass is 253 g/mol. The molecule has 2 N–H and O–H groups in total. The Hall–Kier alpha value is -0.610. The third-order valence-corrected chi connectivity index (χ3v) is 4.73. The average molecular weight is 253 g/mol. The summed E-state index contributed by atoms with van der Waals surface area (Å²) in [6.45, 7) is 4.44. The quantitative estimate of drug-likeness (QED) is 0.815. The average Bonchev–Trinajstić information content (AvgIpc) is 2.59. The van der Waals surface area contributed by atoms with E-state index in [0.717, 1.165) is 32.4 Å². The summed E-state index contributed by atoms with van der Waals surface area (Å²) in [4.78, 5) is 17.0. The molecule has 2 saturated heterocycles. The zero-order chi connectivity index (χ0) is 13.1. The molecule has 0 aromatic rings. The van der Waals surface area contributed by atoms with Gasteiger partial charge in [0, 0.05) is 31.7 Å². The van der Waals surface area contributed by atoms with E-state index in [2.05, 4.69) is 23.8 Å². The molecular formula is C14H27N3O. The molecule has 2 bridgehead atoms. The van der Waals surface area contributed by atoms with Crippen LogP contribution in [0.5, 0.6) is 0 Å². The van der Waals surface area contributed by atoms with Crippen molar-refractivity contribution in [1.82, 2.24) is 9.80 Å². The maximum atomic E-state index is 12.5. The molecule has 2 rings (SSSR count). The topological polar surface area (TPSA) is 49.6 Å². The normalized spacial score (nSPS) is 30.3. The molecule has 3 atom stereocenters. The summed E-state index contributed by atoms with van der Waals surface area (Å²) in [6.07, 6.45) is 5.63.